The molecule has 2 rings (SSSR count). The maximum atomic E-state index is 14.1. The molecule has 0 amide bonds. The molecule has 0 spiro atoms. The predicted molar refractivity (Wildman–Crippen MR) is 68.4 cm³/mol. The summed E-state index contributed by atoms with van der Waals surface area (Å²) in [6.45, 7) is 1.17. The monoisotopic (exact) mass is 267 g/mol. The van der Waals surface area contributed by atoms with Crippen molar-refractivity contribution in [2.24, 2.45) is 0 Å². The fourth-order valence-corrected chi connectivity index (χ4v) is 2.47. The molecule has 4 nitrogen and oxygen atoms in total. The number of carbonyl (C=O) groups excluding carboxylic acids is 1. The highest BCUT2D eigenvalue weighted by Crippen LogP contribution is 2.25. The zero-order valence-electron chi connectivity index (χ0n) is 11.2. The van der Waals surface area contributed by atoms with E-state index in [2.05, 4.69) is 0 Å². The van der Waals surface area contributed by atoms with Crippen LogP contribution in [0.4, 0.5) is 4.39 Å². The molecule has 1 unspecified atom stereocenters. The number of rotatable bonds is 4. The largest absolute Gasteiger partial charge is 0.494 e. The Balaban J connectivity index is 2.14. The minimum Gasteiger partial charge on any atom is -0.494 e. The maximum absolute atomic E-state index is 14.1. The SMILES string of the molecule is COC(=O)C1CCCN1Cc1cccc(OC)c1F. The molecule has 0 radical (unpaired) electrons. The smallest absolute Gasteiger partial charge is 0.323 e. The van der Waals surface area contributed by atoms with Crippen molar-refractivity contribution in [2.75, 3.05) is 20.8 Å². The zero-order chi connectivity index (χ0) is 13.8. The second kappa shape index (κ2) is 6.02. The van der Waals surface area contributed by atoms with E-state index in [9.17, 15) is 9.18 Å². The Morgan fingerprint density at radius 3 is 2.95 bits per heavy atom. The number of hydrogen-bond acceptors (Lipinski definition) is 4. The molecule has 0 aromatic heterocycles. The minimum absolute atomic E-state index is 0.228. The standard InChI is InChI=1S/C14H18FNO3/c1-18-12-7-3-5-10(13(12)15)9-16-8-4-6-11(16)14(17)19-2/h3,5,7,11H,4,6,8-9H2,1-2H3. The molecule has 1 aliphatic rings. The van der Waals surface area contributed by atoms with Gasteiger partial charge in [-0.25, -0.2) is 4.39 Å². The van der Waals surface area contributed by atoms with E-state index in [0.29, 0.717) is 12.1 Å². The number of carbonyl (C=O) groups is 1. The van der Waals surface area contributed by atoms with Crippen LogP contribution in [0.15, 0.2) is 18.2 Å². The molecule has 1 aromatic carbocycles. The number of benzene rings is 1. The molecule has 0 saturated carbocycles. The van der Waals surface area contributed by atoms with E-state index in [1.165, 1.54) is 14.2 Å². The Morgan fingerprint density at radius 1 is 1.47 bits per heavy atom. The predicted octanol–water partition coefficient (Wildman–Crippen LogP) is 1.97. The third-order valence-electron chi connectivity index (χ3n) is 3.47. The number of esters is 1. The molecule has 0 bridgehead atoms. The van der Waals surface area contributed by atoms with E-state index in [1.54, 1.807) is 18.2 Å². The second-order valence-electron chi connectivity index (χ2n) is 4.59. The summed E-state index contributed by atoms with van der Waals surface area (Å²) in [5.41, 5.74) is 0.537. The Kier molecular flexibility index (Phi) is 4.37. The molecule has 1 aromatic rings. The van der Waals surface area contributed by atoms with Gasteiger partial charge in [-0.15, -0.1) is 0 Å². The van der Waals surface area contributed by atoms with Crippen molar-refractivity contribution in [2.45, 2.75) is 25.4 Å². The molecule has 1 fully saturated rings. The Hall–Kier alpha value is -1.62. The fourth-order valence-electron chi connectivity index (χ4n) is 2.47. The molecule has 1 saturated heterocycles. The van der Waals surface area contributed by atoms with Crippen molar-refractivity contribution in [1.29, 1.82) is 0 Å². The van der Waals surface area contributed by atoms with Gasteiger partial charge in [-0.05, 0) is 25.5 Å². The topological polar surface area (TPSA) is 38.8 Å². The van der Waals surface area contributed by atoms with Crippen molar-refractivity contribution in [3.05, 3.63) is 29.6 Å². The second-order valence-corrected chi connectivity index (χ2v) is 4.59. The Labute approximate surface area is 112 Å². The lowest BCUT2D eigenvalue weighted by Gasteiger charge is -2.22. The lowest BCUT2D eigenvalue weighted by Crippen LogP contribution is -2.36. The van der Waals surface area contributed by atoms with Crippen LogP contribution in [0.5, 0.6) is 5.75 Å². The van der Waals surface area contributed by atoms with Crippen LogP contribution in [0.1, 0.15) is 18.4 Å². The summed E-state index contributed by atoms with van der Waals surface area (Å²) in [4.78, 5) is 13.6. The number of methoxy groups -OCH3 is 2. The third kappa shape index (κ3) is 2.87. The van der Waals surface area contributed by atoms with Gasteiger partial charge in [-0.3, -0.25) is 9.69 Å². The van der Waals surface area contributed by atoms with Crippen molar-refractivity contribution in [3.63, 3.8) is 0 Å². The van der Waals surface area contributed by atoms with Crippen molar-refractivity contribution < 1.29 is 18.7 Å². The van der Waals surface area contributed by atoms with Gasteiger partial charge >= 0.3 is 5.97 Å². The summed E-state index contributed by atoms with van der Waals surface area (Å²) in [5, 5.41) is 0. The number of hydrogen-bond donors (Lipinski definition) is 0. The summed E-state index contributed by atoms with van der Waals surface area (Å²) in [7, 11) is 2.82. The average molecular weight is 267 g/mol. The van der Waals surface area contributed by atoms with Crippen LogP contribution in [0.25, 0.3) is 0 Å². The van der Waals surface area contributed by atoms with Crippen LogP contribution >= 0.6 is 0 Å². The van der Waals surface area contributed by atoms with Crippen LogP contribution in [0.3, 0.4) is 0 Å². The molecular formula is C14H18FNO3. The van der Waals surface area contributed by atoms with E-state index < -0.39 is 0 Å². The van der Waals surface area contributed by atoms with Gasteiger partial charge in [0.05, 0.1) is 14.2 Å². The molecule has 1 heterocycles. The van der Waals surface area contributed by atoms with Gasteiger partial charge in [0.25, 0.3) is 0 Å². The first kappa shape index (κ1) is 13.8. The first-order valence-corrected chi connectivity index (χ1v) is 6.30. The zero-order valence-corrected chi connectivity index (χ0v) is 11.2. The lowest BCUT2D eigenvalue weighted by atomic mass is 10.1. The van der Waals surface area contributed by atoms with Gasteiger partial charge in [0, 0.05) is 12.1 Å². The van der Waals surface area contributed by atoms with Crippen molar-refractivity contribution in [1.82, 2.24) is 4.90 Å². The fraction of sp³-hybridized carbons (Fsp3) is 0.500. The van der Waals surface area contributed by atoms with E-state index in [4.69, 9.17) is 9.47 Å². The molecule has 0 N–H and O–H groups in total. The average Bonchev–Trinajstić information content (AvgIpc) is 2.88. The number of likely N-dealkylation sites (tertiary alicyclic amines) is 1. The van der Waals surface area contributed by atoms with Crippen LogP contribution in [-0.4, -0.2) is 37.7 Å². The first-order chi connectivity index (χ1) is 9.17. The van der Waals surface area contributed by atoms with Gasteiger partial charge in [0.15, 0.2) is 11.6 Å². The van der Waals surface area contributed by atoms with E-state index in [0.717, 1.165) is 19.4 Å². The van der Waals surface area contributed by atoms with Crippen LogP contribution < -0.4 is 4.74 Å². The summed E-state index contributed by atoms with van der Waals surface area (Å²) in [6.07, 6.45) is 1.68. The summed E-state index contributed by atoms with van der Waals surface area (Å²) >= 11 is 0. The highest BCUT2D eigenvalue weighted by atomic mass is 19.1. The maximum Gasteiger partial charge on any atom is 0.323 e. The van der Waals surface area contributed by atoms with Crippen molar-refractivity contribution >= 4 is 5.97 Å². The lowest BCUT2D eigenvalue weighted by molar-refractivity contribution is -0.146. The number of nitrogens with zero attached hydrogens (tertiary/aromatic N) is 1. The van der Waals surface area contributed by atoms with Gasteiger partial charge in [-0.2, -0.15) is 0 Å². The Bertz CT molecular complexity index is 464. The van der Waals surface area contributed by atoms with E-state index in [-0.39, 0.29) is 23.6 Å². The first-order valence-electron chi connectivity index (χ1n) is 6.30. The molecule has 1 aliphatic heterocycles. The van der Waals surface area contributed by atoms with Gasteiger partial charge < -0.3 is 9.47 Å². The molecule has 5 heteroatoms. The quantitative estimate of drug-likeness (QED) is 0.782. The van der Waals surface area contributed by atoms with E-state index >= 15 is 0 Å². The summed E-state index contributed by atoms with van der Waals surface area (Å²) < 4.78 is 23.8. The highest BCUT2D eigenvalue weighted by Gasteiger charge is 2.31. The molecular weight excluding hydrogens is 249 g/mol. The van der Waals surface area contributed by atoms with Crippen LogP contribution in [0.2, 0.25) is 0 Å². The minimum atomic E-state index is -0.361. The number of ether oxygens (including phenoxy) is 2. The normalized spacial score (nSPS) is 19.4. The van der Waals surface area contributed by atoms with Gasteiger partial charge in [0.2, 0.25) is 0 Å². The molecule has 19 heavy (non-hydrogen) atoms. The summed E-state index contributed by atoms with van der Waals surface area (Å²) in [5.74, 6) is -0.382. The van der Waals surface area contributed by atoms with Crippen molar-refractivity contribution in [3.8, 4) is 5.75 Å². The van der Waals surface area contributed by atoms with Gasteiger partial charge in [0.1, 0.15) is 6.04 Å². The highest BCUT2D eigenvalue weighted by molar-refractivity contribution is 5.75. The van der Waals surface area contributed by atoms with E-state index in [1.807, 2.05) is 4.90 Å². The molecule has 0 aliphatic carbocycles. The Morgan fingerprint density at radius 2 is 2.26 bits per heavy atom. The van der Waals surface area contributed by atoms with Crippen LogP contribution in [-0.2, 0) is 16.1 Å². The molecule has 1 atom stereocenters. The van der Waals surface area contributed by atoms with Gasteiger partial charge in [-0.1, -0.05) is 12.1 Å². The third-order valence-corrected chi connectivity index (χ3v) is 3.47. The number of halogens is 1. The van der Waals surface area contributed by atoms with Crippen LogP contribution in [0, 0.1) is 5.82 Å². The summed E-state index contributed by atoms with van der Waals surface area (Å²) in [6, 6.07) is 4.78. The molecule has 104 valence electrons.